The molecule has 0 bridgehead atoms. The van der Waals surface area contributed by atoms with Crippen LogP contribution in [-0.2, 0) is 11.2 Å². The normalized spacial score (nSPS) is 10.4. The molecule has 0 saturated heterocycles. The Labute approximate surface area is 101 Å². The van der Waals surface area contributed by atoms with E-state index in [0.29, 0.717) is 11.8 Å². The molecule has 0 N–H and O–H groups in total. The van der Waals surface area contributed by atoms with Gasteiger partial charge in [-0.05, 0) is 17.7 Å². The number of halogens is 3. The molecule has 0 heterocycles. The predicted molar refractivity (Wildman–Crippen MR) is 57.9 cm³/mol. The van der Waals surface area contributed by atoms with Crippen LogP contribution in [0.15, 0.2) is 18.2 Å². The third-order valence-corrected chi connectivity index (χ3v) is 2.27. The smallest absolute Gasteiger partial charge is 0.387 e. The van der Waals surface area contributed by atoms with Crippen LogP contribution < -0.4 is 4.74 Å². The minimum atomic E-state index is -3.02. The number of hydrogen-bond donors (Lipinski definition) is 0. The molecule has 1 aromatic carbocycles. The molecule has 1 rings (SSSR count). The summed E-state index contributed by atoms with van der Waals surface area (Å²) in [6, 6.07) is 4.05. The molecule has 0 amide bonds. The van der Waals surface area contributed by atoms with Crippen molar-refractivity contribution in [1.29, 1.82) is 0 Å². The molecular weight excluding hydrogens is 254 g/mol. The number of ketones is 1. The fraction of sp³-hybridized carbons (Fsp3) is 0.273. The zero-order valence-corrected chi connectivity index (χ0v) is 9.42. The Hall–Kier alpha value is -1.49. The number of carbonyl (C=O) groups is 2. The Morgan fingerprint density at radius 1 is 1.47 bits per heavy atom. The topological polar surface area (TPSA) is 43.4 Å². The van der Waals surface area contributed by atoms with Gasteiger partial charge in [-0.2, -0.15) is 8.78 Å². The molecule has 0 unspecified atom stereocenters. The number of Topliss-reactive ketones (excluding diaryl/α,β-unsaturated/α-hetero) is 1. The maximum atomic E-state index is 12.1. The first kappa shape index (κ1) is 13.6. The number of rotatable bonds is 6. The Morgan fingerprint density at radius 3 is 2.71 bits per heavy atom. The number of hydrogen-bond acceptors (Lipinski definition) is 3. The minimum absolute atomic E-state index is 0.00683. The van der Waals surface area contributed by atoms with Crippen molar-refractivity contribution >= 4 is 23.7 Å². The van der Waals surface area contributed by atoms with E-state index in [1.807, 2.05) is 0 Å². The third-order valence-electron chi connectivity index (χ3n) is 1.97. The molecule has 0 aromatic heterocycles. The summed E-state index contributed by atoms with van der Waals surface area (Å²) in [4.78, 5) is 21.7. The van der Waals surface area contributed by atoms with Crippen molar-refractivity contribution in [3.63, 3.8) is 0 Å². The zero-order chi connectivity index (χ0) is 12.8. The Balaban J connectivity index is 2.95. The second-order valence-electron chi connectivity index (χ2n) is 3.22. The highest BCUT2D eigenvalue weighted by atomic mass is 35.5. The van der Waals surface area contributed by atoms with E-state index in [-0.39, 0.29) is 29.4 Å². The van der Waals surface area contributed by atoms with Crippen molar-refractivity contribution in [3.05, 3.63) is 29.3 Å². The summed E-state index contributed by atoms with van der Waals surface area (Å²) in [7, 11) is 0. The largest absolute Gasteiger partial charge is 0.434 e. The zero-order valence-electron chi connectivity index (χ0n) is 8.66. The van der Waals surface area contributed by atoms with E-state index in [1.54, 1.807) is 0 Å². The van der Waals surface area contributed by atoms with Crippen LogP contribution in [-0.4, -0.2) is 24.6 Å². The van der Waals surface area contributed by atoms with Gasteiger partial charge in [0, 0.05) is 6.42 Å². The minimum Gasteiger partial charge on any atom is -0.434 e. The fourth-order valence-electron chi connectivity index (χ4n) is 1.26. The van der Waals surface area contributed by atoms with Crippen LogP contribution in [0.5, 0.6) is 5.75 Å². The molecule has 0 radical (unpaired) electrons. The molecule has 0 aliphatic heterocycles. The van der Waals surface area contributed by atoms with Crippen molar-refractivity contribution in [2.75, 3.05) is 5.88 Å². The lowest BCUT2D eigenvalue weighted by Gasteiger charge is -2.08. The lowest BCUT2D eigenvalue weighted by atomic mass is 10.1. The molecule has 6 heteroatoms. The molecule has 0 aliphatic carbocycles. The summed E-state index contributed by atoms with van der Waals surface area (Å²) in [5.41, 5.74) is 0.476. The first-order valence-electron chi connectivity index (χ1n) is 4.67. The molecule has 17 heavy (non-hydrogen) atoms. The molecule has 92 valence electrons. The summed E-state index contributed by atoms with van der Waals surface area (Å²) >= 11 is 5.33. The molecule has 0 aliphatic rings. The molecule has 0 saturated carbocycles. The third kappa shape index (κ3) is 4.11. The molecule has 0 atom stereocenters. The predicted octanol–water partition coefficient (Wildman–Crippen LogP) is 2.45. The highest BCUT2D eigenvalue weighted by Gasteiger charge is 2.11. The van der Waals surface area contributed by atoms with Gasteiger partial charge >= 0.3 is 6.61 Å². The van der Waals surface area contributed by atoms with Gasteiger partial charge in [0.1, 0.15) is 5.75 Å². The van der Waals surface area contributed by atoms with Gasteiger partial charge in [-0.15, -0.1) is 11.6 Å². The Kier molecular flexibility index (Phi) is 5.03. The van der Waals surface area contributed by atoms with Gasteiger partial charge in [0.05, 0.1) is 11.4 Å². The van der Waals surface area contributed by atoms with E-state index in [0.717, 1.165) is 0 Å². The van der Waals surface area contributed by atoms with Crippen molar-refractivity contribution in [2.45, 2.75) is 13.0 Å². The van der Waals surface area contributed by atoms with Crippen LogP contribution in [0.25, 0.3) is 0 Å². The van der Waals surface area contributed by atoms with Crippen molar-refractivity contribution in [1.82, 2.24) is 0 Å². The Morgan fingerprint density at radius 2 is 2.18 bits per heavy atom. The van der Waals surface area contributed by atoms with E-state index in [2.05, 4.69) is 4.74 Å². The summed E-state index contributed by atoms with van der Waals surface area (Å²) in [5, 5.41) is 0. The van der Waals surface area contributed by atoms with E-state index in [1.165, 1.54) is 18.2 Å². The first-order chi connectivity index (χ1) is 8.06. The molecule has 1 aromatic rings. The van der Waals surface area contributed by atoms with Crippen molar-refractivity contribution in [3.8, 4) is 5.75 Å². The van der Waals surface area contributed by atoms with Crippen molar-refractivity contribution in [2.24, 2.45) is 0 Å². The second-order valence-corrected chi connectivity index (χ2v) is 3.48. The quantitative estimate of drug-likeness (QED) is 0.584. The van der Waals surface area contributed by atoms with E-state index in [9.17, 15) is 18.4 Å². The Bertz CT molecular complexity index is 421. The van der Waals surface area contributed by atoms with Crippen LogP contribution in [0.1, 0.15) is 15.9 Å². The van der Waals surface area contributed by atoms with Gasteiger partial charge < -0.3 is 4.74 Å². The SMILES string of the molecule is O=Cc1ccc(CC(=O)CCl)cc1OC(F)F. The van der Waals surface area contributed by atoms with E-state index >= 15 is 0 Å². The monoisotopic (exact) mass is 262 g/mol. The summed E-state index contributed by atoms with van der Waals surface area (Å²) in [6.45, 7) is -3.02. The molecular formula is C11H9ClF2O3. The molecule has 0 spiro atoms. The number of carbonyl (C=O) groups excluding carboxylic acids is 2. The van der Waals surface area contributed by atoms with Crippen LogP contribution >= 0.6 is 11.6 Å². The van der Waals surface area contributed by atoms with E-state index < -0.39 is 6.61 Å². The molecule has 0 fully saturated rings. The standard InChI is InChI=1S/C11H9ClF2O3/c12-5-9(16)3-7-1-2-8(6-15)10(4-7)17-11(13)14/h1-2,4,6,11H,3,5H2. The summed E-state index contributed by atoms with van der Waals surface area (Å²) < 4.78 is 28.3. The number of benzene rings is 1. The van der Waals surface area contributed by atoms with Gasteiger partial charge in [-0.3, -0.25) is 9.59 Å². The first-order valence-corrected chi connectivity index (χ1v) is 5.21. The van der Waals surface area contributed by atoms with Crippen LogP contribution in [0.3, 0.4) is 0 Å². The van der Waals surface area contributed by atoms with Gasteiger partial charge in [0.15, 0.2) is 12.1 Å². The summed E-state index contributed by atoms with van der Waals surface area (Å²) in [6.07, 6.45) is 0.424. The summed E-state index contributed by atoms with van der Waals surface area (Å²) in [5.74, 6) is -0.635. The average molecular weight is 263 g/mol. The molecule has 3 nitrogen and oxygen atoms in total. The maximum Gasteiger partial charge on any atom is 0.387 e. The van der Waals surface area contributed by atoms with Crippen molar-refractivity contribution < 1.29 is 23.1 Å². The lowest BCUT2D eigenvalue weighted by Crippen LogP contribution is -2.07. The maximum absolute atomic E-state index is 12.1. The van der Waals surface area contributed by atoms with Crippen LogP contribution in [0.4, 0.5) is 8.78 Å². The van der Waals surface area contributed by atoms with Gasteiger partial charge in [0.25, 0.3) is 0 Å². The number of alkyl halides is 3. The fourth-order valence-corrected chi connectivity index (χ4v) is 1.35. The van der Waals surface area contributed by atoms with E-state index in [4.69, 9.17) is 11.6 Å². The lowest BCUT2D eigenvalue weighted by molar-refractivity contribution is -0.116. The van der Waals surface area contributed by atoms with Crippen LogP contribution in [0, 0.1) is 0 Å². The number of ether oxygens (including phenoxy) is 1. The second kappa shape index (κ2) is 6.30. The van der Waals surface area contributed by atoms with Gasteiger partial charge in [0.2, 0.25) is 0 Å². The highest BCUT2D eigenvalue weighted by molar-refractivity contribution is 6.27. The van der Waals surface area contributed by atoms with Gasteiger partial charge in [-0.1, -0.05) is 6.07 Å². The van der Waals surface area contributed by atoms with Crippen LogP contribution in [0.2, 0.25) is 0 Å². The highest BCUT2D eigenvalue weighted by Crippen LogP contribution is 2.21. The van der Waals surface area contributed by atoms with Gasteiger partial charge in [-0.25, -0.2) is 0 Å². The number of aldehydes is 1. The average Bonchev–Trinajstić information content (AvgIpc) is 2.28.